The van der Waals surface area contributed by atoms with Gasteiger partial charge in [-0.25, -0.2) is 8.78 Å². The highest BCUT2D eigenvalue weighted by atomic mass is 19.1. The summed E-state index contributed by atoms with van der Waals surface area (Å²) in [5.74, 6) is -1.71. The third kappa shape index (κ3) is 2.86. The highest BCUT2D eigenvalue weighted by molar-refractivity contribution is 6.54. The van der Waals surface area contributed by atoms with Crippen molar-refractivity contribution in [3.63, 3.8) is 0 Å². The Morgan fingerprint density at radius 2 is 1.96 bits per heavy atom. The van der Waals surface area contributed by atoms with E-state index in [9.17, 15) is 13.6 Å². The molecule has 1 aliphatic heterocycles. The van der Waals surface area contributed by atoms with Gasteiger partial charge in [-0.05, 0) is 18.2 Å². The lowest BCUT2D eigenvalue weighted by molar-refractivity contribution is -0.112. The van der Waals surface area contributed by atoms with Gasteiger partial charge in [-0.3, -0.25) is 4.79 Å². The Kier molecular flexibility index (Phi) is 4.29. The van der Waals surface area contributed by atoms with Crippen LogP contribution in [0, 0.1) is 11.6 Å². The van der Waals surface area contributed by atoms with E-state index in [2.05, 4.69) is 16.8 Å². The van der Waals surface area contributed by atoms with Crippen LogP contribution in [0.4, 0.5) is 14.5 Å². The van der Waals surface area contributed by atoms with Gasteiger partial charge in [0.25, 0.3) is 5.91 Å². The molecule has 0 aromatic heterocycles. The summed E-state index contributed by atoms with van der Waals surface area (Å²) in [7, 11) is 0. The van der Waals surface area contributed by atoms with Crippen molar-refractivity contribution in [2.45, 2.75) is 0 Å². The minimum atomic E-state index is -0.745. The average molecular weight is 325 g/mol. The quantitative estimate of drug-likeness (QED) is 0.483. The first kappa shape index (κ1) is 15.7. The number of para-hydroxylation sites is 1. The van der Waals surface area contributed by atoms with Crippen LogP contribution in [0.2, 0.25) is 0 Å². The van der Waals surface area contributed by atoms with Crippen LogP contribution in [0.3, 0.4) is 0 Å². The lowest BCUT2D eigenvalue weighted by Crippen LogP contribution is -2.30. The van der Waals surface area contributed by atoms with Crippen LogP contribution in [-0.2, 0) is 4.79 Å². The zero-order chi connectivity index (χ0) is 17.1. The summed E-state index contributed by atoms with van der Waals surface area (Å²) in [6.07, 6.45) is 2.77. The van der Waals surface area contributed by atoms with E-state index in [1.54, 1.807) is 18.2 Å². The van der Waals surface area contributed by atoms with Crippen molar-refractivity contribution >= 4 is 23.5 Å². The van der Waals surface area contributed by atoms with Gasteiger partial charge in [-0.1, -0.05) is 24.3 Å². The maximum atomic E-state index is 13.6. The Bertz CT molecular complexity index is 874. The summed E-state index contributed by atoms with van der Waals surface area (Å²) < 4.78 is 26.4. The number of carbonyl (C=O) groups is 1. The summed E-state index contributed by atoms with van der Waals surface area (Å²) in [5.41, 5.74) is 1.64. The number of rotatable bonds is 4. The lowest BCUT2D eigenvalue weighted by atomic mass is 10.1. The molecule has 4 nitrogen and oxygen atoms in total. The van der Waals surface area contributed by atoms with Crippen LogP contribution in [0.5, 0.6) is 0 Å². The number of anilines is 1. The molecule has 0 atom stereocenters. The molecule has 0 unspecified atom stereocenters. The Labute approximate surface area is 137 Å². The predicted octanol–water partition coefficient (Wildman–Crippen LogP) is 3.32. The number of carbonyl (C=O) groups excluding carboxylic acids is 1. The molecule has 2 aromatic rings. The highest BCUT2D eigenvalue weighted by Gasteiger charge is 2.32. The van der Waals surface area contributed by atoms with Crippen molar-refractivity contribution < 1.29 is 13.6 Å². The van der Waals surface area contributed by atoms with E-state index in [1.807, 2.05) is 12.1 Å². The number of nitrogens with zero attached hydrogens (tertiary/aromatic N) is 3. The fraction of sp³-hybridized carbons (Fsp3) is 0.0556. The number of hydrogen-bond acceptors (Lipinski definition) is 3. The molecular formula is C18H13F2N3O. The number of halogens is 2. The number of fused-ring (bicyclic) bond motifs is 1. The number of benzene rings is 2. The zero-order valence-electron chi connectivity index (χ0n) is 12.6. The van der Waals surface area contributed by atoms with Gasteiger partial charge in [0.15, 0.2) is 5.71 Å². The van der Waals surface area contributed by atoms with E-state index in [-0.39, 0.29) is 17.2 Å². The minimum Gasteiger partial charge on any atom is -0.302 e. The minimum absolute atomic E-state index is 0.0856. The predicted molar refractivity (Wildman–Crippen MR) is 89.5 cm³/mol. The molecule has 0 spiro atoms. The second kappa shape index (κ2) is 6.54. The summed E-state index contributed by atoms with van der Waals surface area (Å²) in [6.45, 7) is 3.99. The van der Waals surface area contributed by atoms with Crippen LogP contribution < -0.4 is 4.90 Å². The Balaban J connectivity index is 1.93. The summed E-state index contributed by atoms with van der Waals surface area (Å²) >= 11 is 0. The van der Waals surface area contributed by atoms with Crippen molar-refractivity contribution in [1.29, 1.82) is 0 Å². The van der Waals surface area contributed by atoms with E-state index in [4.69, 9.17) is 0 Å². The maximum Gasteiger partial charge on any atom is 0.279 e. The molecule has 0 bridgehead atoms. The molecular weight excluding hydrogens is 312 g/mol. The van der Waals surface area contributed by atoms with Gasteiger partial charge in [-0.2, -0.15) is 5.10 Å². The topological polar surface area (TPSA) is 45.0 Å². The van der Waals surface area contributed by atoms with Crippen molar-refractivity contribution in [1.82, 2.24) is 0 Å². The van der Waals surface area contributed by atoms with Gasteiger partial charge in [0.2, 0.25) is 0 Å². The van der Waals surface area contributed by atoms with Gasteiger partial charge >= 0.3 is 0 Å². The third-order valence-corrected chi connectivity index (χ3v) is 3.53. The second-order valence-electron chi connectivity index (χ2n) is 5.08. The van der Waals surface area contributed by atoms with Crippen LogP contribution >= 0.6 is 0 Å². The molecule has 0 fully saturated rings. The van der Waals surface area contributed by atoms with Crippen molar-refractivity contribution in [3.8, 4) is 0 Å². The van der Waals surface area contributed by atoms with Gasteiger partial charge in [0.1, 0.15) is 11.6 Å². The van der Waals surface area contributed by atoms with Gasteiger partial charge in [0.05, 0.1) is 11.9 Å². The van der Waals surface area contributed by atoms with E-state index >= 15 is 0 Å². The molecule has 120 valence electrons. The normalized spacial score (nSPS) is 15.3. The molecule has 3 rings (SSSR count). The van der Waals surface area contributed by atoms with E-state index < -0.39 is 11.6 Å². The summed E-state index contributed by atoms with van der Waals surface area (Å²) in [6, 6.07) is 10.3. The molecule has 0 saturated carbocycles. The highest BCUT2D eigenvalue weighted by Crippen LogP contribution is 2.28. The first-order chi connectivity index (χ1) is 11.6. The molecule has 1 amide bonds. The second-order valence-corrected chi connectivity index (χ2v) is 5.08. The fourth-order valence-corrected chi connectivity index (χ4v) is 2.42. The Morgan fingerprint density at radius 3 is 2.71 bits per heavy atom. The molecule has 1 aliphatic rings. The van der Waals surface area contributed by atoms with Gasteiger partial charge in [0, 0.05) is 23.7 Å². The van der Waals surface area contributed by atoms with Crippen LogP contribution in [0.1, 0.15) is 11.1 Å². The van der Waals surface area contributed by atoms with Crippen molar-refractivity contribution in [2.75, 3.05) is 11.4 Å². The smallest absolute Gasteiger partial charge is 0.279 e. The molecule has 6 heteroatoms. The standard InChI is InChI=1S/C18H13F2N3O/c1-2-9-23-16-6-4-3-5-14(16)17(18(23)24)22-21-11-12-7-8-13(19)10-15(12)20/h2-8,10-11H,1,9H2/b21-11-,22-17-. The molecule has 2 aromatic carbocycles. The van der Waals surface area contributed by atoms with Crippen LogP contribution in [0.15, 0.2) is 65.3 Å². The fourth-order valence-electron chi connectivity index (χ4n) is 2.42. The van der Waals surface area contributed by atoms with Crippen LogP contribution in [0.25, 0.3) is 0 Å². The SMILES string of the molecule is C=CCN1C(=O)/C(=N\N=C/c2ccc(F)cc2F)c2ccccc21. The Morgan fingerprint density at radius 1 is 1.17 bits per heavy atom. The lowest BCUT2D eigenvalue weighted by Gasteiger charge is -2.13. The van der Waals surface area contributed by atoms with E-state index in [0.29, 0.717) is 12.1 Å². The van der Waals surface area contributed by atoms with Crippen molar-refractivity contribution in [2.24, 2.45) is 10.2 Å². The third-order valence-electron chi connectivity index (χ3n) is 3.53. The Hall–Kier alpha value is -3.15. The molecule has 0 radical (unpaired) electrons. The molecule has 24 heavy (non-hydrogen) atoms. The molecule has 1 heterocycles. The van der Waals surface area contributed by atoms with E-state index in [0.717, 1.165) is 24.0 Å². The molecule has 0 N–H and O–H groups in total. The summed E-state index contributed by atoms with van der Waals surface area (Å²) in [4.78, 5) is 14.0. The average Bonchev–Trinajstić information content (AvgIpc) is 2.83. The first-order valence-electron chi connectivity index (χ1n) is 7.20. The largest absolute Gasteiger partial charge is 0.302 e. The first-order valence-corrected chi connectivity index (χ1v) is 7.20. The maximum absolute atomic E-state index is 13.6. The zero-order valence-corrected chi connectivity index (χ0v) is 12.6. The van der Waals surface area contributed by atoms with Gasteiger partial charge < -0.3 is 4.90 Å². The van der Waals surface area contributed by atoms with Crippen LogP contribution in [-0.4, -0.2) is 24.4 Å². The number of hydrogen-bond donors (Lipinski definition) is 0. The monoisotopic (exact) mass is 325 g/mol. The summed E-state index contributed by atoms with van der Waals surface area (Å²) in [5, 5.41) is 7.72. The van der Waals surface area contributed by atoms with Crippen molar-refractivity contribution in [3.05, 3.63) is 77.9 Å². The van der Waals surface area contributed by atoms with E-state index in [1.165, 1.54) is 11.0 Å². The molecule has 0 aliphatic carbocycles. The van der Waals surface area contributed by atoms with Gasteiger partial charge in [-0.15, -0.1) is 11.7 Å². The molecule has 0 saturated heterocycles. The number of amides is 1.